The Morgan fingerprint density at radius 3 is 2.86 bits per heavy atom. The highest BCUT2D eigenvalue weighted by molar-refractivity contribution is 5.79. The average molecular weight is 390 g/mol. The number of nitrogens with zero attached hydrogens (tertiary/aromatic N) is 2. The van der Waals surface area contributed by atoms with Gasteiger partial charge in [-0.05, 0) is 57.3 Å². The molecule has 2 rings (SSSR count). The Morgan fingerprint density at radius 2 is 2.14 bits per heavy atom. The summed E-state index contributed by atoms with van der Waals surface area (Å²) < 4.78 is 5.44. The summed E-state index contributed by atoms with van der Waals surface area (Å²) in [5, 5.41) is 6.72. The Hall–Kier alpha value is -2.28. The minimum Gasteiger partial charge on any atom is -0.496 e. The maximum Gasteiger partial charge on any atom is 0.221 e. The minimum absolute atomic E-state index is 0.00903. The number of nitrogens with two attached hydrogens (primary N) is 1. The second-order valence-corrected chi connectivity index (χ2v) is 7.39. The lowest BCUT2D eigenvalue weighted by Crippen LogP contribution is -2.43. The molecule has 1 aliphatic rings. The first kappa shape index (κ1) is 22.0. The van der Waals surface area contributed by atoms with E-state index in [-0.39, 0.29) is 11.8 Å². The summed E-state index contributed by atoms with van der Waals surface area (Å²) in [6.45, 7) is 6.52. The number of rotatable bonds is 9. The second-order valence-electron chi connectivity index (χ2n) is 7.39. The summed E-state index contributed by atoms with van der Waals surface area (Å²) in [7, 11) is 3.49. The number of piperidine rings is 1. The largest absolute Gasteiger partial charge is 0.496 e. The number of aliphatic imine (C=N–C) groups is 1. The molecule has 7 nitrogen and oxygen atoms in total. The van der Waals surface area contributed by atoms with Crippen LogP contribution in [0.5, 0.6) is 5.75 Å². The first-order chi connectivity index (χ1) is 13.5. The molecule has 1 saturated heterocycles. The molecule has 0 aromatic heterocycles. The third-order valence-corrected chi connectivity index (χ3v) is 5.20. The predicted molar refractivity (Wildman–Crippen MR) is 114 cm³/mol. The lowest BCUT2D eigenvalue weighted by atomic mass is 9.97. The number of carbonyl (C=O) groups is 1. The number of aryl methyl sites for hydroxylation is 1. The van der Waals surface area contributed by atoms with Gasteiger partial charge >= 0.3 is 0 Å². The zero-order chi connectivity index (χ0) is 20.4. The Morgan fingerprint density at radius 1 is 1.36 bits per heavy atom. The summed E-state index contributed by atoms with van der Waals surface area (Å²) in [6.07, 6.45) is 3.84. The van der Waals surface area contributed by atoms with Crippen LogP contribution >= 0.6 is 0 Å². The summed E-state index contributed by atoms with van der Waals surface area (Å²) in [4.78, 5) is 18.0. The number of methoxy groups -OCH3 is 1. The van der Waals surface area contributed by atoms with Gasteiger partial charge in [0.25, 0.3) is 0 Å². The van der Waals surface area contributed by atoms with Crippen molar-refractivity contribution in [3.05, 3.63) is 29.3 Å². The monoisotopic (exact) mass is 389 g/mol. The Balaban J connectivity index is 1.66. The summed E-state index contributed by atoms with van der Waals surface area (Å²) in [6, 6.07) is 6.24. The molecular formula is C21H35N5O2. The van der Waals surface area contributed by atoms with Crippen molar-refractivity contribution in [2.75, 3.05) is 46.9 Å². The standard InChI is InChI=1S/C21H35N5O2/c1-16-7-8-19(28-3)17(14-16)9-11-25-21(23-2)24-10-5-13-26-12-4-6-18(15-26)20(22)27/h7-8,14,18H,4-6,9-13,15H2,1-3H3,(H2,22,27)(H2,23,24,25). The molecule has 28 heavy (non-hydrogen) atoms. The molecule has 1 aromatic rings. The molecule has 0 spiro atoms. The fourth-order valence-corrected chi connectivity index (χ4v) is 3.64. The average Bonchev–Trinajstić information content (AvgIpc) is 2.70. The first-order valence-electron chi connectivity index (χ1n) is 10.1. The number of guanidine groups is 1. The van der Waals surface area contributed by atoms with E-state index in [4.69, 9.17) is 10.5 Å². The van der Waals surface area contributed by atoms with E-state index in [9.17, 15) is 4.79 Å². The maximum absolute atomic E-state index is 11.4. The van der Waals surface area contributed by atoms with E-state index >= 15 is 0 Å². The molecule has 0 saturated carbocycles. The topological polar surface area (TPSA) is 92.0 Å². The van der Waals surface area contributed by atoms with Gasteiger partial charge in [0.1, 0.15) is 5.75 Å². The van der Waals surface area contributed by atoms with Crippen molar-refractivity contribution < 1.29 is 9.53 Å². The van der Waals surface area contributed by atoms with Gasteiger partial charge in [-0.1, -0.05) is 17.7 Å². The first-order valence-corrected chi connectivity index (χ1v) is 10.1. The quantitative estimate of drug-likeness (QED) is 0.336. The molecule has 1 heterocycles. The van der Waals surface area contributed by atoms with E-state index < -0.39 is 0 Å². The van der Waals surface area contributed by atoms with Gasteiger partial charge < -0.3 is 26.0 Å². The number of nitrogens with one attached hydrogen (secondary N) is 2. The van der Waals surface area contributed by atoms with Crippen LogP contribution in [0.25, 0.3) is 0 Å². The van der Waals surface area contributed by atoms with Gasteiger partial charge in [-0.25, -0.2) is 0 Å². The molecule has 1 unspecified atom stereocenters. The molecule has 4 N–H and O–H groups in total. The van der Waals surface area contributed by atoms with Crippen LogP contribution in [0.15, 0.2) is 23.2 Å². The Bertz CT molecular complexity index is 662. The van der Waals surface area contributed by atoms with Crippen molar-refractivity contribution in [1.82, 2.24) is 15.5 Å². The molecule has 7 heteroatoms. The van der Waals surface area contributed by atoms with E-state index in [1.807, 2.05) is 6.07 Å². The van der Waals surface area contributed by atoms with Gasteiger partial charge in [-0.15, -0.1) is 0 Å². The molecular weight excluding hydrogens is 354 g/mol. The number of carbonyl (C=O) groups excluding carboxylic acids is 1. The summed E-state index contributed by atoms with van der Waals surface area (Å²) in [5.74, 6) is 1.57. The Labute approximate surface area is 168 Å². The maximum atomic E-state index is 11.4. The van der Waals surface area contributed by atoms with Crippen LogP contribution in [0.4, 0.5) is 0 Å². The van der Waals surface area contributed by atoms with Crippen LogP contribution in [0.1, 0.15) is 30.4 Å². The summed E-state index contributed by atoms with van der Waals surface area (Å²) in [5.41, 5.74) is 7.87. The number of likely N-dealkylation sites (tertiary alicyclic amines) is 1. The van der Waals surface area contributed by atoms with E-state index in [0.717, 1.165) is 70.1 Å². The number of hydrogen-bond acceptors (Lipinski definition) is 4. The van der Waals surface area contributed by atoms with Crippen LogP contribution in [-0.2, 0) is 11.2 Å². The Kier molecular flexibility index (Phi) is 9.07. The van der Waals surface area contributed by atoms with Gasteiger partial charge in [0, 0.05) is 26.7 Å². The lowest BCUT2D eigenvalue weighted by Gasteiger charge is -2.31. The summed E-state index contributed by atoms with van der Waals surface area (Å²) >= 11 is 0. The van der Waals surface area contributed by atoms with Crippen LogP contribution in [-0.4, -0.2) is 63.6 Å². The highest BCUT2D eigenvalue weighted by Crippen LogP contribution is 2.19. The van der Waals surface area contributed by atoms with E-state index in [0.29, 0.717) is 0 Å². The fourth-order valence-electron chi connectivity index (χ4n) is 3.64. The number of amides is 1. The van der Waals surface area contributed by atoms with Crippen molar-refractivity contribution in [1.29, 1.82) is 0 Å². The highest BCUT2D eigenvalue weighted by atomic mass is 16.5. The predicted octanol–water partition coefficient (Wildman–Crippen LogP) is 1.30. The highest BCUT2D eigenvalue weighted by Gasteiger charge is 2.23. The van der Waals surface area contributed by atoms with E-state index in [2.05, 4.69) is 39.6 Å². The van der Waals surface area contributed by atoms with Crippen molar-refractivity contribution in [3.8, 4) is 5.75 Å². The normalized spacial score (nSPS) is 18.0. The third-order valence-electron chi connectivity index (χ3n) is 5.20. The number of ether oxygens (including phenoxy) is 1. The van der Waals surface area contributed by atoms with Crippen LogP contribution in [0.2, 0.25) is 0 Å². The molecule has 1 aromatic carbocycles. The van der Waals surface area contributed by atoms with Gasteiger partial charge in [0.15, 0.2) is 5.96 Å². The molecule has 1 aliphatic heterocycles. The molecule has 1 atom stereocenters. The molecule has 0 bridgehead atoms. The lowest BCUT2D eigenvalue weighted by molar-refractivity contribution is -0.123. The minimum atomic E-state index is -0.169. The molecule has 0 aliphatic carbocycles. The van der Waals surface area contributed by atoms with E-state index in [1.54, 1.807) is 14.2 Å². The SMILES string of the molecule is CN=C(NCCCN1CCCC(C(N)=O)C1)NCCc1cc(C)ccc1OC. The number of hydrogen-bond donors (Lipinski definition) is 3. The number of primary amides is 1. The van der Waals surface area contributed by atoms with Gasteiger partial charge in [-0.3, -0.25) is 9.79 Å². The van der Waals surface area contributed by atoms with Crippen molar-refractivity contribution in [2.24, 2.45) is 16.6 Å². The fraction of sp³-hybridized carbons (Fsp3) is 0.619. The van der Waals surface area contributed by atoms with E-state index in [1.165, 1.54) is 11.1 Å². The van der Waals surface area contributed by atoms with Gasteiger partial charge in [0.05, 0.1) is 13.0 Å². The zero-order valence-corrected chi connectivity index (χ0v) is 17.5. The smallest absolute Gasteiger partial charge is 0.221 e. The van der Waals surface area contributed by atoms with Crippen LogP contribution in [0, 0.1) is 12.8 Å². The molecule has 1 amide bonds. The van der Waals surface area contributed by atoms with Gasteiger partial charge in [0.2, 0.25) is 5.91 Å². The second kappa shape index (κ2) is 11.5. The zero-order valence-electron chi connectivity index (χ0n) is 17.5. The third kappa shape index (κ3) is 7.03. The van der Waals surface area contributed by atoms with Crippen molar-refractivity contribution in [2.45, 2.75) is 32.6 Å². The van der Waals surface area contributed by atoms with Crippen molar-refractivity contribution in [3.63, 3.8) is 0 Å². The molecule has 156 valence electrons. The molecule has 1 fully saturated rings. The van der Waals surface area contributed by atoms with Gasteiger partial charge in [-0.2, -0.15) is 0 Å². The number of benzene rings is 1. The van der Waals surface area contributed by atoms with Crippen LogP contribution in [0.3, 0.4) is 0 Å². The van der Waals surface area contributed by atoms with Crippen molar-refractivity contribution >= 4 is 11.9 Å². The molecule has 0 radical (unpaired) electrons. The van der Waals surface area contributed by atoms with Crippen LogP contribution < -0.4 is 21.1 Å².